The monoisotopic (exact) mass is 440 g/mol. The lowest BCUT2D eigenvalue weighted by atomic mass is 9.96. The first-order chi connectivity index (χ1) is 14.3. The van der Waals surface area contributed by atoms with Crippen molar-refractivity contribution in [2.24, 2.45) is 0 Å². The minimum Gasteiger partial charge on any atom is -0.338 e. The third-order valence-electron chi connectivity index (χ3n) is 4.69. The maximum absolute atomic E-state index is 13.4. The molecule has 4 aromatic rings. The number of aromatic nitrogens is 4. The van der Waals surface area contributed by atoms with Gasteiger partial charge in [0.2, 0.25) is 5.89 Å². The van der Waals surface area contributed by atoms with Crippen molar-refractivity contribution in [3.63, 3.8) is 0 Å². The average Bonchev–Trinajstić information content (AvgIpc) is 3.19. The predicted octanol–water partition coefficient (Wildman–Crippen LogP) is 5.32. The molecule has 0 atom stereocenters. The molecule has 0 saturated heterocycles. The lowest BCUT2D eigenvalue weighted by Crippen LogP contribution is -2.22. The zero-order valence-corrected chi connectivity index (χ0v) is 18.7. The maximum Gasteiger partial charge on any atom is 0.266 e. The van der Waals surface area contributed by atoms with E-state index >= 15 is 0 Å². The molecule has 0 aliphatic carbocycles. The highest BCUT2D eigenvalue weighted by molar-refractivity contribution is 7.98. The van der Waals surface area contributed by atoms with Crippen LogP contribution in [0.1, 0.15) is 38.0 Å². The van der Waals surface area contributed by atoms with Crippen LogP contribution in [0.2, 0.25) is 5.02 Å². The largest absolute Gasteiger partial charge is 0.338 e. The van der Waals surface area contributed by atoms with E-state index in [2.05, 4.69) is 10.1 Å². The zero-order chi connectivity index (χ0) is 21.5. The Bertz CT molecular complexity index is 1290. The van der Waals surface area contributed by atoms with Crippen molar-refractivity contribution in [3.8, 4) is 5.69 Å². The van der Waals surface area contributed by atoms with E-state index in [0.29, 0.717) is 44.2 Å². The van der Waals surface area contributed by atoms with E-state index in [9.17, 15) is 4.79 Å². The van der Waals surface area contributed by atoms with Gasteiger partial charge in [-0.3, -0.25) is 9.36 Å². The third-order valence-corrected chi connectivity index (χ3v) is 6.02. The first-order valence-corrected chi connectivity index (χ1v) is 10.8. The third kappa shape index (κ3) is 3.87. The molecule has 0 aliphatic heterocycles. The summed E-state index contributed by atoms with van der Waals surface area (Å²) in [5, 5.41) is 5.75. The summed E-state index contributed by atoms with van der Waals surface area (Å²) in [7, 11) is 0. The van der Waals surface area contributed by atoms with Crippen molar-refractivity contribution in [1.29, 1.82) is 0 Å². The highest BCUT2D eigenvalue weighted by Crippen LogP contribution is 2.28. The van der Waals surface area contributed by atoms with Crippen molar-refractivity contribution in [3.05, 3.63) is 75.1 Å². The summed E-state index contributed by atoms with van der Waals surface area (Å²) in [5.41, 5.74) is 1.81. The van der Waals surface area contributed by atoms with Gasteiger partial charge >= 0.3 is 0 Å². The first-order valence-electron chi connectivity index (χ1n) is 9.49. The van der Waals surface area contributed by atoms with Gasteiger partial charge in [-0.1, -0.05) is 67.5 Å². The van der Waals surface area contributed by atoms with Crippen molar-refractivity contribution < 1.29 is 4.52 Å². The van der Waals surface area contributed by atoms with Gasteiger partial charge in [-0.25, -0.2) is 4.98 Å². The second-order valence-corrected chi connectivity index (χ2v) is 9.34. The second kappa shape index (κ2) is 7.89. The SMILES string of the molecule is Cc1c(Cl)cccc1-n1c(SCc2nc(C(C)(C)C)no2)nc2ccccc2c1=O. The van der Waals surface area contributed by atoms with Crippen molar-refractivity contribution >= 4 is 34.3 Å². The smallest absolute Gasteiger partial charge is 0.266 e. The van der Waals surface area contributed by atoms with Gasteiger partial charge < -0.3 is 4.52 Å². The number of hydrogen-bond acceptors (Lipinski definition) is 6. The van der Waals surface area contributed by atoms with Gasteiger partial charge in [0.1, 0.15) is 0 Å². The highest BCUT2D eigenvalue weighted by Gasteiger charge is 2.22. The van der Waals surface area contributed by atoms with E-state index in [-0.39, 0.29) is 11.0 Å². The molecule has 4 rings (SSSR count). The molecule has 0 unspecified atom stereocenters. The molecule has 2 aromatic carbocycles. The van der Waals surface area contributed by atoms with Crippen LogP contribution in [0.25, 0.3) is 16.6 Å². The van der Waals surface area contributed by atoms with Gasteiger partial charge in [-0.2, -0.15) is 4.98 Å². The van der Waals surface area contributed by atoms with Gasteiger partial charge in [-0.05, 0) is 36.8 Å². The Kier molecular flexibility index (Phi) is 5.42. The van der Waals surface area contributed by atoms with E-state index in [4.69, 9.17) is 21.1 Å². The Labute approximate surface area is 183 Å². The molecule has 6 nitrogen and oxygen atoms in total. The molecule has 0 saturated carbocycles. The summed E-state index contributed by atoms with van der Waals surface area (Å²) < 4.78 is 7.01. The van der Waals surface area contributed by atoms with Crippen LogP contribution < -0.4 is 5.56 Å². The fourth-order valence-electron chi connectivity index (χ4n) is 3.00. The number of rotatable bonds is 4. The average molecular weight is 441 g/mol. The summed E-state index contributed by atoms with van der Waals surface area (Å²) in [6.07, 6.45) is 0. The standard InChI is InChI=1S/C22H21ClN4O2S/c1-13-15(23)9-7-11-17(13)27-19(28)14-8-5-6-10-16(14)24-21(27)30-12-18-25-20(26-29-18)22(2,3)4/h5-11H,12H2,1-4H3. The molecule has 0 radical (unpaired) electrons. The fraction of sp³-hybridized carbons (Fsp3) is 0.273. The van der Waals surface area contributed by atoms with E-state index in [1.165, 1.54) is 11.8 Å². The molecule has 0 amide bonds. The Hall–Kier alpha value is -2.64. The molecular formula is C22H21ClN4O2S. The Morgan fingerprint density at radius 2 is 1.87 bits per heavy atom. The number of nitrogens with zero attached hydrogens (tertiary/aromatic N) is 4. The minimum absolute atomic E-state index is 0.144. The summed E-state index contributed by atoms with van der Waals surface area (Å²) in [5.74, 6) is 1.53. The number of benzene rings is 2. The molecule has 0 N–H and O–H groups in total. The highest BCUT2D eigenvalue weighted by atomic mass is 35.5. The molecule has 154 valence electrons. The van der Waals surface area contributed by atoms with Crippen LogP contribution in [0.5, 0.6) is 0 Å². The van der Waals surface area contributed by atoms with Gasteiger partial charge in [0, 0.05) is 10.4 Å². The van der Waals surface area contributed by atoms with Gasteiger partial charge in [0.05, 0.1) is 22.3 Å². The molecule has 2 aromatic heterocycles. The summed E-state index contributed by atoms with van der Waals surface area (Å²) in [4.78, 5) is 22.6. The van der Waals surface area contributed by atoms with Crippen LogP contribution in [-0.2, 0) is 11.2 Å². The van der Waals surface area contributed by atoms with Crippen LogP contribution in [0.3, 0.4) is 0 Å². The molecule has 8 heteroatoms. The number of thioether (sulfide) groups is 1. The molecule has 30 heavy (non-hydrogen) atoms. The quantitative estimate of drug-likeness (QED) is 0.316. The van der Waals surface area contributed by atoms with Crippen molar-refractivity contribution in [1.82, 2.24) is 19.7 Å². The minimum atomic E-state index is -0.201. The Morgan fingerprint density at radius 1 is 1.10 bits per heavy atom. The van der Waals surface area contributed by atoms with Crippen LogP contribution in [0.15, 0.2) is 56.9 Å². The normalized spacial score (nSPS) is 11.9. The van der Waals surface area contributed by atoms with E-state index < -0.39 is 0 Å². The number of para-hydroxylation sites is 1. The van der Waals surface area contributed by atoms with Gasteiger partial charge in [-0.15, -0.1) is 0 Å². The van der Waals surface area contributed by atoms with E-state index in [0.717, 1.165) is 5.56 Å². The Balaban J connectivity index is 1.81. The predicted molar refractivity (Wildman–Crippen MR) is 120 cm³/mol. The maximum atomic E-state index is 13.4. The topological polar surface area (TPSA) is 73.8 Å². The molecule has 0 bridgehead atoms. The first kappa shape index (κ1) is 20.6. The lowest BCUT2D eigenvalue weighted by Gasteiger charge is -2.15. The van der Waals surface area contributed by atoms with Gasteiger partial charge in [0.25, 0.3) is 5.56 Å². The molecule has 2 heterocycles. The van der Waals surface area contributed by atoms with Gasteiger partial charge in [0.15, 0.2) is 11.0 Å². The Morgan fingerprint density at radius 3 is 2.60 bits per heavy atom. The van der Waals surface area contributed by atoms with Crippen LogP contribution in [-0.4, -0.2) is 19.7 Å². The van der Waals surface area contributed by atoms with Crippen molar-refractivity contribution in [2.75, 3.05) is 0 Å². The van der Waals surface area contributed by atoms with E-state index in [1.807, 2.05) is 58.0 Å². The summed E-state index contributed by atoms with van der Waals surface area (Å²) >= 11 is 7.70. The lowest BCUT2D eigenvalue weighted by molar-refractivity contribution is 0.372. The van der Waals surface area contributed by atoms with Crippen LogP contribution in [0, 0.1) is 6.92 Å². The molecule has 0 spiro atoms. The molecular weight excluding hydrogens is 420 g/mol. The van der Waals surface area contributed by atoms with E-state index in [1.54, 1.807) is 16.7 Å². The fourth-order valence-corrected chi connectivity index (χ4v) is 4.02. The number of fused-ring (bicyclic) bond motifs is 1. The number of hydrogen-bond donors (Lipinski definition) is 0. The van der Waals surface area contributed by atoms with Crippen LogP contribution >= 0.6 is 23.4 Å². The summed E-state index contributed by atoms with van der Waals surface area (Å²) in [6.45, 7) is 7.97. The second-order valence-electron chi connectivity index (χ2n) is 7.99. The van der Waals surface area contributed by atoms with Crippen molar-refractivity contribution in [2.45, 2.75) is 44.0 Å². The van der Waals surface area contributed by atoms with Crippen LogP contribution in [0.4, 0.5) is 0 Å². The molecule has 0 fully saturated rings. The number of halogens is 1. The zero-order valence-electron chi connectivity index (χ0n) is 17.1. The molecule has 0 aliphatic rings. The summed E-state index contributed by atoms with van der Waals surface area (Å²) in [6, 6.07) is 12.8.